The standard InChI is InChI=1S/C11H8BrNO2/c12-5-1-2-7-3-4-9-8(6-7)10(14)11(15)13-9/h1-4,6H,5H2,(H,13,14,15). The maximum Gasteiger partial charge on any atom is 0.296 e. The number of alkyl halides is 1. The largest absolute Gasteiger partial charge is 0.318 e. The van der Waals surface area contributed by atoms with Crippen molar-refractivity contribution in [2.45, 2.75) is 0 Å². The number of halogens is 1. The molecule has 1 amide bonds. The lowest BCUT2D eigenvalue weighted by molar-refractivity contribution is -0.112. The molecule has 1 N–H and O–H groups in total. The van der Waals surface area contributed by atoms with Gasteiger partial charge in [-0.05, 0) is 17.7 Å². The molecule has 4 heteroatoms. The average molecular weight is 266 g/mol. The van der Waals surface area contributed by atoms with Crippen LogP contribution in [0.15, 0.2) is 24.3 Å². The molecule has 1 aliphatic rings. The van der Waals surface area contributed by atoms with Crippen molar-refractivity contribution in [1.29, 1.82) is 0 Å². The number of rotatable bonds is 2. The monoisotopic (exact) mass is 265 g/mol. The SMILES string of the molecule is O=C1Nc2ccc(C=CCBr)cc2C1=O. The maximum atomic E-state index is 11.4. The van der Waals surface area contributed by atoms with Crippen molar-refractivity contribution in [2.75, 3.05) is 10.6 Å². The van der Waals surface area contributed by atoms with Crippen LogP contribution in [0.1, 0.15) is 15.9 Å². The van der Waals surface area contributed by atoms with Gasteiger partial charge in [-0.1, -0.05) is 34.1 Å². The number of hydrogen-bond donors (Lipinski definition) is 1. The van der Waals surface area contributed by atoms with E-state index in [9.17, 15) is 9.59 Å². The van der Waals surface area contributed by atoms with E-state index in [1.807, 2.05) is 18.2 Å². The van der Waals surface area contributed by atoms with Crippen LogP contribution in [-0.4, -0.2) is 17.0 Å². The lowest BCUT2D eigenvalue weighted by Gasteiger charge is -1.97. The first-order valence-electron chi connectivity index (χ1n) is 4.44. The summed E-state index contributed by atoms with van der Waals surface area (Å²) in [7, 11) is 0. The molecular weight excluding hydrogens is 258 g/mol. The number of allylic oxidation sites excluding steroid dienone is 1. The second kappa shape index (κ2) is 3.98. The van der Waals surface area contributed by atoms with Crippen molar-refractivity contribution in [3.05, 3.63) is 35.4 Å². The number of nitrogens with one attached hydrogen (secondary N) is 1. The van der Waals surface area contributed by atoms with Gasteiger partial charge >= 0.3 is 0 Å². The van der Waals surface area contributed by atoms with Gasteiger partial charge in [-0.25, -0.2) is 0 Å². The Hall–Kier alpha value is -1.42. The van der Waals surface area contributed by atoms with Gasteiger partial charge in [-0.3, -0.25) is 9.59 Å². The minimum atomic E-state index is -0.549. The fourth-order valence-corrected chi connectivity index (χ4v) is 1.63. The molecule has 0 aliphatic carbocycles. The molecule has 1 aromatic carbocycles. The van der Waals surface area contributed by atoms with Crippen molar-refractivity contribution in [2.24, 2.45) is 0 Å². The first-order valence-corrected chi connectivity index (χ1v) is 5.57. The molecule has 0 atom stereocenters. The number of carbonyl (C=O) groups is 2. The Morgan fingerprint density at radius 1 is 1.33 bits per heavy atom. The highest BCUT2D eigenvalue weighted by molar-refractivity contribution is 9.09. The molecular formula is C11H8BrNO2. The Balaban J connectivity index is 2.39. The second-order valence-electron chi connectivity index (χ2n) is 3.14. The number of benzene rings is 1. The van der Waals surface area contributed by atoms with Crippen LogP contribution in [-0.2, 0) is 4.79 Å². The zero-order valence-corrected chi connectivity index (χ0v) is 9.37. The fraction of sp³-hybridized carbons (Fsp3) is 0.0909. The van der Waals surface area contributed by atoms with E-state index in [0.29, 0.717) is 11.3 Å². The van der Waals surface area contributed by atoms with Crippen molar-refractivity contribution in [3.63, 3.8) is 0 Å². The van der Waals surface area contributed by atoms with E-state index in [4.69, 9.17) is 0 Å². The highest BCUT2D eigenvalue weighted by Gasteiger charge is 2.27. The van der Waals surface area contributed by atoms with Gasteiger partial charge < -0.3 is 5.32 Å². The van der Waals surface area contributed by atoms with Crippen molar-refractivity contribution in [3.8, 4) is 0 Å². The summed E-state index contributed by atoms with van der Waals surface area (Å²) in [6.07, 6.45) is 3.82. The zero-order chi connectivity index (χ0) is 10.8. The van der Waals surface area contributed by atoms with Crippen LogP contribution >= 0.6 is 15.9 Å². The molecule has 0 radical (unpaired) electrons. The molecule has 0 saturated carbocycles. The van der Waals surface area contributed by atoms with Crippen molar-refractivity contribution < 1.29 is 9.59 Å². The maximum absolute atomic E-state index is 11.4. The molecule has 0 spiro atoms. The van der Waals surface area contributed by atoms with Crippen LogP contribution in [0.2, 0.25) is 0 Å². The lowest BCUT2D eigenvalue weighted by Crippen LogP contribution is -2.12. The van der Waals surface area contributed by atoms with E-state index in [1.54, 1.807) is 12.1 Å². The topological polar surface area (TPSA) is 46.2 Å². The summed E-state index contributed by atoms with van der Waals surface area (Å²) in [6, 6.07) is 5.32. The highest BCUT2D eigenvalue weighted by Crippen LogP contribution is 2.24. The van der Waals surface area contributed by atoms with E-state index in [1.165, 1.54) is 0 Å². The number of carbonyl (C=O) groups excluding carboxylic acids is 2. The molecule has 1 aromatic rings. The fourth-order valence-electron chi connectivity index (χ4n) is 1.44. The zero-order valence-electron chi connectivity index (χ0n) is 7.79. The number of fused-ring (bicyclic) bond motifs is 1. The van der Waals surface area contributed by atoms with Crippen molar-refractivity contribution >= 4 is 39.4 Å². The van der Waals surface area contributed by atoms with Gasteiger partial charge in [0.25, 0.3) is 11.7 Å². The molecule has 3 nitrogen and oxygen atoms in total. The second-order valence-corrected chi connectivity index (χ2v) is 3.79. The molecule has 15 heavy (non-hydrogen) atoms. The van der Waals surface area contributed by atoms with Gasteiger partial charge in [0.2, 0.25) is 0 Å². The van der Waals surface area contributed by atoms with Crippen LogP contribution in [0.25, 0.3) is 6.08 Å². The van der Waals surface area contributed by atoms with Crippen LogP contribution in [0, 0.1) is 0 Å². The summed E-state index contributed by atoms with van der Waals surface area (Å²) < 4.78 is 0. The molecule has 2 rings (SSSR count). The smallest absolute Gasteiger partial charge is 0.296 e. The third kappa shape index (κ3) is 1.85. The normalized spacial score (nSPS) is 14.5. The number of hydrogen-bond acceptors (Lipinski definition) is 2. The molecule has 1 heterocycles. The summed E-state index contributed by atoms with van der Waals surface area (Å²) >= 11 is 3.27. The Morgan fingerprint density at radius 3 is 2.87 bits per heavy atom. The van der Waals surface area contributed by atoms with Crippen molar-refractivity contribution in [1.82, 2.24) is 0 Å². The van der Waals surface area contributed by atoms with Gasteiger partial charge in [0.1, 0.15) is 0 Å². The molecule has 0 unspecified atom stereocenters. The van der Waals surface area contributed by atoms with Gasteiger partial charge in [0.15, 0.2) is 0 Å². The highest BCUT2D eigenvalue weighted by atomic mass is 79.9. The minimum Gasteiger partial charge on any atom is -0.318 e. The van der Waals surface area contributed by atoms with Crippen LogP contribution in [0.4, 0.5) is 5.69 Å². The molecule has 0 saturated heterocycles. The van der Waals surface area contributed by atoms with E-state index in [-0.39, 0.29) is 0 Å². The van der Waals surface area contributed by atoms with E-state index < -0.39 is 11.7 Å². The average Bonchev–Trinajstić information content (AvgIpc) is 2.52. The molecule has 0 aromatic heterocycles. The molecule has 0 bridgehead atoms. The molecule has 0 fully saturated rings. The number of amides is 1. The first-order chi connectivity index (χ1) is 7.22. The van der Waals surface area contributed by atoms with Crippen LogP contribution < -0.4 is 5.32 Å². The van der Waals surface area contributed by atoms with E-state index in [0.717, 1.165) is 10.9 Å². The first kappa shape index (κ1) is 10.1. The predicted octanol–water partition coefficient (Wildman–Crippen LogP) is 2.23. The third-order valence-corrected chi connectivity index (χ3v) is 2.52. The van der Waals surface area contributed by atoms with E-state index in [2.05, 4.69) is 21.2 Å². The predicted molar refractivity (Wildman–Crippen MR) is 62.2 cm³/mol. The van der Waals surface area contributed by atoms with Crippen LogP contribution in [0.3, 0.4) is 0 Å². The summed E-state index contributed by atoms with van der Waals surface area (Å²) in [5.41, 5.74) is 1.97. The minimum absolute atomic E-state index is 0.455. The summed E-state index contributed by atoms with van der Waals surface area (Å²) in [5.74, 6) is -1.01. The Bertz CT molecular complexity index is 466. The van der Waals surface area contributed by atoms with E-state index >= 15 is 0 Å². The van der Waals surface area contributed by atoms with Crippen LogP contribution in [0.5, 0.6) is 0 Å². The number of Topliss-reactive ketones (excluding diaryl/α,β-unsaturated/α-hetero) is 1. The summed E-state index contributed by atoms with van der Waals surface area (Å²) in [6.45, 7) is 0. The van der Waals surface area contributed by atoms with Gasteiger partial charge in [-0.15, -0.1) is 0 Å². The van der Waals surface area contributed by atoms with Gasteiger partial charge in [0, 0.05) is 5.33 Å². The Morgan fingerprint density at radius 2 is 2.13 bits per heavy atom. The Kier molecular flexibility index (Phi) is 2.68. The number of anilines is 1. The summed E-state index contributed by atoms with van der Waals surface area (Å²) in [5, 5.41) is 3.27. The lowest BCUT2D eigenvalue weighted by atomic mass is 10.1. The summed E-state index contributed by atoms with van der Waals surface area (Å²) in [4.78, 5) is 22.4. The molecule has 76 valence electrons. The quantitative estimate of drug-likeness (QED) is 0.659. The van der Waals surface area contributed by atoms with Gasteiger partial charge in [0.05, 0.1) is 11.3 Å². The third-order valence-electron chi connectivity index (χ3n) is 2.14. The Labute approximate surface area is 95.3 Å². The van der Waals surface area contributed by atoms with Gasteiger partial charge in [-0.2, -0.15) is 0 Å². The number of ketones is 1. The molecule has 1 aliphatic heterocycles.